The van der Waals surface area contributed by atoms with Gasteiger partial charge in [-0.1, -0.05) is 50.4 Å². The molecular weight excluding hydrogens is 232 g/mol. The minimum atomic E-state index is 0.345. The first-order chi connectivity index (χ1) is 8.15. The van der Waals surface area contributed by atoms with Crippen LogP contribution in [0.1, 0.15) is 38.7 Å². The summed E-state index contributed by atoms with van der Waals surface area (Å²) in [6, 6.07) is 8.34. The Labute approximate surface area is 110 Å². The van der Waals surface area contributed by atoms with Gasteiger partial charge in [0.2, 0.25) is 0 Å². The van der Waals surface area contributed by atoms with Gasteiger partial charge < -0.3 is 0 Å². The Balaban J connectivity index is 2.48. The van der Waals surface area contributed by atoms with Crippen LogP contribution in [0.3, 0.4) is 0 Å². The fourth-order valence-corrected chi connectivity index (χ4v) is 2.34. The van der Waals surface area contributed by atoms with Gasteiger partial charge in [0.05, 0.1) is 0 Å². The highest BCUT2D eigenvalue weighted by atomic mass is 35.5. The summed E-state index contributed by atoms with van der Waals surface area (Å²) in [5, 5.41) is 0.783. The van der Waals surface area contributed by atoms with Gasteiger partial charge in [-0.15, -0.1) is 0 Å². The van der Waals surface area contributed by atoms with Crippen molar-refractivity contribution in [3.05, 3.63) is 34.9 Å². The van der Waals surface area contributed by atoms with Gasteiger partial charge in [0.25, 0.3) is 0 Å². The van der Waals surface area contributed by atoms with E-state index >= 15 is 0 Å². The first-order valence-electron chi connectivity index (χ1n) is 6.36. The molecule has 0 fully saturated rings. The summed E-state index contributed by atoms with van der Waals surface area (Å²) in [4.78, 5) is 0. The van der Waals surface area contributed by atoms with Crippen LogP contribution in [0, 0.1) is 5.92 Å². The van der Waals surface area contributed by atoms with Gasteiger partial charge in [-0.2, -0.15) is 0 Å². The van der Waals surface area contributed by atoms with Crippen molar-refractivity contribution in [2.24, 2.45) is 11.8 Å². The first kappa shape index (κ1) is 14.5. The number of halogens is 1. The van der Waals surface area contributed by atoms with Crippen molar-refractivity contribution in [1.29, 1.82) is 0 Å². The predicted octanol–water partition coefficient (Wildman–Crippen LogP) is 3.54. The van der Waals surface area contributed by atoms with E-state index in [1.807, 2.05) is 12.1 Å². The van der Waals surface area contributed by atoms with Crippen LogP contribution in [0.4, 0.5) is 0 Å². The average Bonchev–Trinajstić information content (AvgIpc) is 2.31. The van der Waals surface area contributed by atoms with Gasteiger partial charge in [-0.25, -0.2) is 0 Å². The molecule has 0 aromatic heterocycles. The Morgan fingerprint density at radius 1 is 1.29 bits per heavy atom. The van der Waals surface area contributed by atoms with E-state index in [1.54, 1.807) is 0 Å². The van der Waals surface area contributed by atoms with Gasteiger partial charge >= 0.3 is 0 Å². The highest BCUT2D eigenvalue weighted by Crippen LogP contribution is 2.16. The molecule has 0 aliphatic rings. The minimum absolute atomic E-state index is 0.345. The number of rotatable bonds is 7. The van der Waals surface area contributed by atoms with E-state index in [9.17, 15) is 0 Å². The zero-order chi connectivity index (χ0) is 12.7. The summed E-state index contributed by atoms with van der Waals surface area (Å²) < 4.78 is 0. The summed E-state index contributed by atoms with van der Waals surface area (Å²) in [5.74, 6) is 6.33. The fourth-order valence-electron chi connectivity index (χ4n) is 2.21. The minimum Gasteiger partial charge on any atom is -0.271 e. The molecule has 0 aliphatic carbocycles. The maximum atomic E-state index is 5.87. The number of benzene rings is 1. The van der Waals surface area contributed by atoms with Crippen molar-refractivity contribution >= 4 is 11.6 Å². The molecule has 1 rings (SSSR count). The smallest absolute Gasteiger partial charge is 0.0406 e. The third kappa shape index (κ3) is 5.53. The quantitative estimate of drug-likeness (QED) is 0.577. The molecule has 1 aromatic carbocycles. The number of hydrogen-bond donors (Lipinski definition) is 2. The summed E-state index contributed by atoms with van der Waals surface area (Å²) in [6.07, 6.45) is 4.58. The summed E-state index contributed by atoms with van der Waals surface area (Å²) in [6.45, 7) is 4.51. The van der Waals surface area contributed by atoms with E-state index in [-0.39, 0.29) is 0 Å². The number of nitrogens with two attached hydrogens (primary N) is 1. The molecule has 0 amide bonds. The molecule has 96 valence electrons. The standard InChI is InChI=1S/C14H23ClN2/c1-3-4-11(2)9-14(17-16)10-12-5-7-13(15)8-6-12/h5-8,11,14,17H,3-4,9-10,16H2,1-2H3. The van der Waals surface area contributed by atoms with E-state index < -0.39 is 0 Å². The summed E-state index contributed by atoms with van der Waals surface area (Å²) in [7, 11) is 0. The van der Waals surface area contributed by atoms with Crippen molar-refractivity contribution in [1.82, 2.24) is 5.43 Å². The molecule has 2 nitrogen and oxygen atoms in total. The molecular formula is C14H23ClN2. The number of hydrogen-bond acceptors (Lipinski definition) is 2. The van der Waals surface area contributed by atoms with Crippen molar-refractivity contribution in [3.63, 3.8) is 0 Å². The SMILES string of the molecule is CCCC(C)CC(Cc1ccc(Cl)cc1)NN. The molecule has 2 atom stereocenters. The summed E-state index contributed by atoms with van der Waals surface area (Å²) in [5.41, 5.74) is 4.20. The van der Waals surface area contributed by atoms with Crippen molar-refractivity contribution in [2.45, 2.75) is 45.6 Å². The normalized spacial score (nSPS) is 14.6. The molecule has 0 radical (unpaired) electrons. The molecule has 0 spiro atoms. The third-order valence-corrected chi connectivity index (χ3v) is 3.35. The van der Waals surface area contributed by atoms with Gasteiger partial charge in [0.15, 0.2) is 0 Å². The Hall–Kier alpha value is -0.570. The third-order valence-electron chi connectivity index (χ3n) is 3.10. The Morgan fingerprint density at radius 3 is 2.47 bits per heavy atom. The van der Waals surface area contributed by atoms with E-state index in [1.165, 1.54) is 18.4 Å². The molecule has 0 aliphatic heterocycles. The molecule has 17 heavy (non-hydrogen) atoms. The monoisotopic (exact) mass is 254 g/mol. The lowest BCUT2D eigenvalue weighted by Gasteiger charge is -2.20. The van der Waals surface area contributed by atoms with Crippen molar-refractivity contribution in [2.75, 3.05) is 0 Å². The summed E-state index contributed by atoms with van der Waals surface area (Å²) >= 11 is 5.87. The zero-order valence-corrected chi connectivity index (χ0v) is 11.5. The van der Waals surface area contributed by atoms with Crippen LogP contribution < -0.4 is 11.3 Å². The van der Waals surface area contributed by atoms with Crippen LogP contribution in [0.2, 0.25) is 5.02 Å². The molecule has 0 saturated heterocycles. The topological polar surface area (TPSA) is 38.0 Å². The van der Waals surface area contributed by atoms with Crippen LogP contribution >= 0.6 is 11.6 Å². The Kier molecular flexibility index (Phi) is 6.56. The Bertz CT molecular complexity index is 311. The van der Waals surface area contributed by atoms with E-state index in [0.29, 0.717) is 12.0 Å². The maximum Gasteiger partial charge on any atom is 0.0406 e. The van der Waals surface area contributed by atoms with Gasteiger partial charge in [0.1, 0.15) is 0 Å². The van der Waals surface area contributed by atoms with Crippen LogP contribution in [0.5, 0.6) is 0 Å². The molecule has 3 heteroatoms. The van der Waals surface area contributed by atoms with Crippen LogP contribution in [-0.4, -0.2) is 6.04 Å². The lowest BCUT2D eigenvalue weighted by Crippen LogP contribution is -2.38. The van der Waals surface area contributed by atoms with E-state index in [2.05, 4.69) is 31.4 Å². The van der Waals surface area contributed by atoms with Crippen molar-refractivity contribution < 1.29 is 0 Å². The number of nitrogens with one attached hydrogen (secondary N) is 1. The predicted molar refractivity (Wildman–Crippen MR) is 75.0 cm³/mol. The van der Waals surface area contributed by atoms with Gasteiger partial charge in [-0.3, -0.25) is 11.3 Å². The molecule has 2 unspecified atom stereocenters. The largest absolute Gasteiger partial charge is 0.271 e. The molecule has 0 heterocycles. The van der Waals surface area contributed by atoms with Crippen LogP contribution in [0.25, 0.3) is 0 Å². The zero-order valence-electron chi connectivity index (χ0n) is 10.7. The second-order valence-electron chi connectivity index (χ2n) is 4.82. The van der Waals surface area contributed by atoms with E-state index in [4.69, 9.17) is 17.4 Å². The molecule has 0 saturated carbocycles. The average molecular weight is 255 g/mol. The second kappa shape index (κ2) is 7.70. The fraction of sp³-hybridized carbons (Fsp3) is 0.571. The van der Waals surface area contributed by atoms with Gasteiger partial charge in [0, 0.05) is 11.1 Å². The lowest BCUT2D eigenvalue weighted by molar-refractivity contribution is 0.385. The van der Waals surface area contributed by atoms with Crippen LogP contribution in [-0.2, 0) is 6.42 Å². The van der Waals surface area contributed by atoms with Crippen LogP contribution in [0.15, 0.2) is 24.3 Å². The first-order valence-corrected chi connectivity index (χ1v) is 6.74. The molecule has 1 aromatic rings. The second-order valence-corrected chi connectivity index (χ2v) is 5.26. The lowest BCUT2D eigenvalue weighted by atomic mass is 9.94. The highest BCUT2D eigenvalue weighted by Gasteiger charge is 2.12. The van der Waals surface area contributed by atoms with Crippen molar-refractivity contribution in [3.8, 4) is 0 Å². The molecule has 3 N–H and O–H groups in total. The maximum absolute atomic E-state index is 5.87. The Morgan fingerprint density at radius 2 is 1.94 bits per heavy atom. The molecule has 0 bridgehead atoms. The highest BCUT2D eigenvalue weighted by molar-refractivity contribution is 6.30. The van der Waals surface area contributed by atoms with Gasteiger partial charge in [-0.05, 0) is 36.5 Å². The van der Waals surface area contributed by atoms with E-state index in [0.717, 1.165) is 17.9 Å². The number of hydrazine groups is 1.